The SMILES string of the molecule is COc1ccc(CCNC(=O)c2ccc(C)nn2)cc1OC. The molecular weight excluding hydrogens is 282 g/mol. The van der Waals surface area contributed by atoms with Crippen LogP contribution in [-0.2, 0) is 6.42 Å². The van der Waals surface area contributed by atoms with E-state index in [9.17, 15) is 4.79 Å². The van der Waals surface area contributed by atoms with Crippen molar-refractivity contribution in [1.82, 2.24) is 15.5 Å². The summed E-state index contributed by atoms with van der Waals surface area (Å²) in [5.41, 5.74) is 2.15. The predicted octanol–water partition coefficient (Wildman–Crippen LogP) is 1.77. The molecule has 1 amide bonds. The monoisotopic (exact) mass is 301 g/mol. The summed E-state index contributed by atoms with van der Waals surface area (Å²) >= 11 is 0. The molecule has 1 heterocycles. The third kappa shape index (κ3) is 3.94. The minimum Gasteiger partial charge on any atom is -0.493 e. The third-order valence-corrected chi connectivity index (χ3v) is 3.18. The smallest absolute Gasteiger partial charge is 0.271 e. The Morgan fingerprint density at radius 1 is 1.09 bits per heavy atom. The fraction of sp³-hybridized carbons (Fsp3) is 0.312. The van der Waals surface area contributed by atoms with Crippen molar-refractivity contribution >= 4 is 5.91 Å². The first-order chi connectivity index (χ1) is 10.6. The van der Waals surface area contributed by atoms with E-state index in [1.165, 1.54) is 0 Å². The lowest BCUT2D eigenvalue weighted by atomic mass is 10.1. The van der Waals surface area contributed by atoms with E-state index in [1.54, 1.807) is 26.4 Å². The molecule has 0 saturated heterocycles. The van der Waals surface area contributed by atoms with Crippen LogP contribution in [0.5, 0.6) is 11.5 Å². The van der Waals surface area contributed by atoms with Crippen molar-refractivity contribution in [2.45, 2.75) is 13.3 Å². The summed E-state index contributed by atoms with van der Waals surface area (Å²) in [6.45, 7) is 2.33. The van der Waals surface area contributed by atoms with Gasteiger partial charge >= 0.3 is 0 Å². The van der Waals surface area contributed by atoms with Crippen LogP contribution >= 0.6 is 0 Å². The average molecular weight is 301 g/mol. The first-order valence-corrected chi connectivity index (χ1v) is 6.93. The molecular formula is C16H19N3O3. The average Bonchev–Trinajstić information content (AvgIpc) is 2.55. The zero-order chi connectivity index (χ0) is 15.9. The van der Waals surface area contributed by atoms with Crippen molar-refractivity contribution in [3.05, 3.63) is 47.3 Å². The topological polar surface area (TPSA) is 73.3 Å². The zero-order valence-corrected chi connectivity index (χ0v) is 12.9. The molecule has 1 aromatic heterocycles. The van der Waals surface area contributed by atoms with Crippen molar-refractivity contribution in [2.75, 3.05) is 20.8 Å². The molecule has 2 rings (SSSR count). The Balaban J connectivity index is 1.90. The Hall–Kier alpha value is -2.63. The molecule has 0 aliphatic rings. The van der Waals surface area contributed by atoms with Gasteiger partial charge in [-0.2, -0.15) is 5.10 Å². The number of methoxy groups -OCH3 is 2. The maximum absolute atomic E-state index is 11.9. The number of ether oxygens (including phenoxy) is 2. The number of carbonyl (C=O) groups excluding carboxylic acids is 1. The van der Waals surface area contributed by atoms with E-state index in [2.05, 4.69) is 15.5 Å². The summed E-state index contributed by atoms with van der Waals surface area (Å²) < 4.78 is 10.4. The molecule has 0 fully saturated rings. The summed E-state index contributed by atoms with van der Waals surface area (Å²) in [6.07, 6.45) is 0.686. The highest BCUT2D eigenvalue weighted by atomic mass is 16.5. The maximum atomic E-state index is 11.9. The second-order valence-electron chi connectivity index (χ2n) is 4.76. The molecule has 22 heavy (non-hydrogen) atoms. The molecule has 0 unspecified atom stereocenters. The number of nitrogens with one attached hydrogen (secondary N) is 1. The van der Waals surface area contributed by atoms with Gasteiger partial charge in [0.1, 0.15) is 0 Å². The number of nitrogens with zero attached hydrogens (tertiary/aromatic N) is 2. The van der Waals surface area contributed by atoms with E-state index < -0.39 is 0 Å². The molecule has 0 aliphatic heterocycles. The van der Waals surface area contributed by atoms with Gasteiger partial charge < -0.3 is 14.8 Å². The lowest BCUT2D eigenvalue weighted by Gasteiger charge is -2.10. The Kier molecular flexibility index (Phi) is 5.30. The van der Waals surface area contributed by atoms with Gasteiger partial charge in [0.15, 0.2) is 17.2 Å². The number of hydrogen-bond donors (Lipinski definition) is 1. The molecule has 0 spiro atoms. The number of amides is 1. The van der Waals surface area contributed by atoms with Crippen LogP contribution in [0.3, 0.4) is 0 Å². The van der Waals surface area contributed by atoms with Gasteiger partial charge in [0.25, 0.3) is 5.91 Å². The summed E-state index contributed by atoms with van der Waals surface area (Å²) in [4.78, 5) is 11.9. The van der Waals surface area contributed by atoms with E-state index in [0.717, 1.165) is 11.3 Å². The molecule has 6 heteroatoms. The summed E-state index contributed by atoms with van der Waals surface area (Å²) in [5.74, 6) is 1.13. The second kappa shape index (κ2) is 7.40. The maximum Gasteiger partial charge on any atom is 0.271 e. The van der Waals surface area contributed by atoms with Gasteiger partial charge in [0.05, 0.1) is 19.9 Å². The number of carbonyl (C=O) groups is 1. The van der Waals surface area contributed by atoms with Crippen LogP contribution < -0.4 is 14.8 Å². The molecule has 0 saturated carbocycles. The Morgan fingerprint density at radius 2 is 1.86 bits per heavy atom. The van der Waals surface area contributed by atoms with Crippen LogP contribution in [0.15, 0.2) is 30.3 Å². The minimum atomic E-state index is -0.229. The summed E-state index contributed by atoms with van der Waals surface area (Å²) in [6, 6.07) is 9.11. The number of rotatable bonds is 6. The van der Waals surface area contributed by atoms with E-state index in [1.807, 2.05) is 25.1 Å². The normalized spacial score (nSPS) is 10.1. The third-order valence-electron chi connectivity index (χ3n) is 3.18. The summed E-state index contributed by atoms with van der Waals surface area (Å²) in [7, 11) is 3.19. The van der Waals surface area contributed by atoms with Gasteiger partial charge in [-0.1, -0.05) is 6.07 Å². The highest BCUT2D eigenvalue weighted by Gasteiger charge is 2.08. The zero-order valence-electron chi connectivity index (χ0n) is 12.9. The molecule has 2 aromatic rings. The molecule has 0 atom stereocenters. The van der Waals surface area contributed by atoms with Crippen LogP contribution in [0.4, 0.5) is 0 Å². The minimum absolute atomic E-state index is 0.229. The van der Waals surface area contributed by atoms with E-state index >= 15 is 0 Å². The number of hydrogen-bond acceptors (Lipinski definition) is 5. The van der Waals surface area contributed by atoms with E-state index in [4.69, 9.17) is 9.47 Å². The second-order valence-corrected chi connectivity index (χ2v) is 4.76. The molecule has 1 aromatic carbocycles. The number of benzene rings is 1. The molecule has 0 aliphatic carbocycles. The van der Waals surface area contributed by atoms with Gasteiger partial charge in [-0.15, -0.1) is 5.10 Å². The standard InChI is InChI=1S/C16H19N3O3/c1-11-4-6-13(19-18-11)16(20)17-9-8-12-5-7-14(21-2)15(10-12)22-3/h4-7,10H,8-9H2,1-3H3,(H,17,20). The largest absolute Gasteiger partial charge is 0.493 e. The van der Waals surface area contributed by atoms with Gasteiger partial charge in [0, 0.05) is 6.54 Å². The first kappa shape index (κ1) is 15.8. The fourth-order valence-corrected chi connectivity index (χ4v) is 1.97. The molecule has 0 bridgehead atoms. The van der Waals surface area contributed by atoms with E-state index in [0.29, 0.717) is 30.2 Å². The lowest BCUT2D eigenvalue weighted by molar-refractivity contribution is 0.0948. The van der Waals surface area contributed by atoms with Crippen molar-refractivity contribution < 1.29 is 14.3 Å². The predicted molar refractivity (Wildman–Crippen MR) is 82.4 cm³/mol. The van der Waals surface area contributed by atoms with Crippen molar-refractivity contribution in [3.8, 4) is 11.5 Å². The van der Waals surface area contributed by atoms with Crippen LogP contribution in [0.25, 0.3) is 0 Å². The van der Waals surface area contributed by atoms with Gasteiger partial charge in [0.2, 0.25) is 0 Å². The first-order valence-electron chi connectivity index (χ1n) is 6.93. The van der Waals surface area contributed by atoms with Crippen LogP contribution in [0, 0.1) is 6.92 Å². The van der Waals surface area contributed by atoms with Crippen molar-refractivity contribution in [3.63, 3.8) is 0 Å². The Bertz CT molecular complexity index is 642. The van der Waals surface area contributed by atoms with Gasteiger partial charge in [-0.3, -0.25) is 4.79 Å². The lowest BCUT2D eigenvalue weighted by Crippen LogP contribution is -2.26. The highest BCUT2D eigenvalue weighted by Crippen LogP contribution is 2.27. The molecule has 116 valence electrons. The van der Waals surface area contributed by atoms with Gasteiger partial charge in [-0.05, 0) is 43.2 Å². The fourth-order valence-electron chi connectivity index (χ4n) is 1.97. The number of aryl methyl sites for hydroxylation is 1. The van der Waals surface area contributed by atoms with Crippen LogP contribution in [-0.4, -0.2) is 36.9 Å². The van der Waals surface area contributed by atoms with Crippen LogP contribution in [0.1, 0.15) is 21.7 Å². The van der Waals surface area contributed by atoms with E-state index in [-0.39, 0.29) is 5.91 Å². The summed E-state index contributed by atoms with van der Waals surface area (Å²) in [5, 5.41) is 10.5. The molecule has 1 N–H and O–H groups in total. The Morgan fingerprint density at radius 3 is 2.50 bits per heavy atom. The van der Waals surface area contributed by atoms with Crippen LogP contribution in [0.2, 0.25) is 0 Å². The van der Waals surface area contributed by atoms with Gasteiger partial charge in [-0.25, -0.2) is 0 Å². The highest BCUT2D eigenvalue weighted by molar-refractivity contribution is 5.91. The van der Waals surface area contributed by atoms with Crippen molar-refractivity contribution in [2.24, 2.45) is 0 Å². The molecule has 0 radical (unpaired) electrons. The van der Waals surface area contributed by atoms with Crippen molar-refractivity contribution in [1.29, 1.82) is 0 Å². The Labute approximate surface area is 129 Å². The molecule has 6 nitrogen and oxygen atoms in total. The number of aromatic nitrogens is 2. The quantitative estimate of drug-likeness (QED) is 0.880.